The SMILES string of the molecule is CCc1cc(/C(C)=C/C=C(/Nc2ccc(C(=O)NCCCN3CCCC3)cc2)C2CC=CN2)ccc1C(C)=O. The summed E-state index contributed by atoms with van der Waals surface area (Å²) in [5.74, 6) is 0.0773. The van der Waals surface area contributed by atoms with Crippen molar-refractivity contribution in [2.75, 3.05) is 31.5 Å². The molecule has 2 heterocycles. The van der Waals surface area contributed by atoms with Gasteiger partial charge in [-0.2, -0.15) is 0 Å². The van der Waals surface area contributed by atoms with Crippen molar-refractivity contribution in [1.82, 2.24) is 15.5 Å². The fourth-order valence-corrected chi connectivity index (χ4v) is 5.19. The molecule has 1 fully saturated rings. The summed E-state index contributed by atoms with van der Waals surface area (Å²) in [6, 6.07) is 13.9. The third kappa shape index (κ3) is 7.93. The van der Waals surface area contributed by atoms with E-state index in [-0.39, 0.29) is 17.7 Å². The van der Waals surface area contributed by atoms with Crippen LogP contribution >= 0.6 is 0 Å². The summed E-state index contributed by atoms with van der Waals surface area (Å²) in [6.07, 6.45) is 13.6. The number of ketones is 1. The lowest BCUT2D eigenvalue weighted by Gasteiger charge is -2.18. The van der Waals surface area contributed by atoms with Gasteiger partial charge < -0.3 is 20.9 Å². The van der Waals surface area contributed by atoms with E-state index in [9.17, 15) is 9.59 Å². The van der Waals surface area contributed by atoms with Crippen molar-refractivity contribution in [2.45, 2.75) is 58.9 Å². The maximum absolute atomic E-state index is 12.6. The van der Waals surface area contributed by atoms with Gasteiger partial charge in [-0.1, -0.05) is 37.3 Å². The highest BCUT2D eigenvalue weighted by Crippen LogP contribution is 2.22. The Hall–Kier alpha value is -3.64. The van der Waals surface area contributed by atoms with Gasteiger partial charge in [0.1, 0.15) is 0 Å². The smallest absolute Gasteiger partial charge is 0.251 e. The maximum Gasteiger partial charge on any atom is 0.251 e. The van der Waals surface area contributed by atoms with Crippen LogP contribution < -0.4 is 16.0 Å². The van der Waals surface area contributed by atoms with Crippen molar-refractivity contribution in [3.05, 3.63) is 94.8 Å². The van der Waals surface area contributed by atoms with Crippen LogP contribution in [-0.4, -0.2) is 48.8 Å². The second kappa shape index (κ2) is 13.9. The first-order valence-electron chi connectivity index (χ1n) is 14.3. The molecule has 6 nitrogen and oxygen atoms in total. The summed E-state index contributed by atoms with van der Waals surface area (Å²) in [7, 11) is 0. The predicted molar refractivity (Wildman–Crippen MR) is 161 cm³/mol. The number of anilines is 1. The van der Waals surface area contributed by atoms with Crippen molar-refractivity contribution >= 4 is 23.0 Å². The normalized spacial score (nSPS) is 17.8. The van der Waals surface area contributed by atoms with Crippen LogP contribution in [0.15, 0.2) is 72.6 Å². The van der Waals surface area contributed by atoms with Gasteiger partial charge in [0.05, 0.1) is 6.04 Å². The van der Waals surface area contributed by atoms with Crippen LogP contribution in [0.25, 0.3) is 5.57 Å². The Morgan fingerprint density at radius 2 is 1.77 bits per heavy atom. The lowest BCUT2D eigenvalue weighted by Crippen LogP contribution is -2.28. The van der Waals surface area contributed by atoms with Gasteiger partial charge in [0.2, 0.25) is 0 Å². The average Bonchev–Trinajstić information content (AvgIpc) is 3.68. The van der Waals surface area contributed by atoms with E-state index in [2.05, 4.69) is 59.0 Å². The third-order valence-electron chi connectivity index (χ3n) is 7.57. The van der Waals surface area contributed by atoms with Gasteiger partial charge in [0.25, 0.3) is 5.91 Å². The zero-order valence-corrected chi connectivity index (χ0v) is 23.6. The number of hydrogen-bond donors (Lipinski definition) is 3. The number of nitrogens with zero attached hydrogens (tertiary/aromatic N) is 1. The summed E-state index contributed by atoms with van der Waals surface area (Å²) in [6.45, 7) is 9.93. The minimum atomic E-state index is -0.0267. The van der Waals surface area contributed by atoms with Crippen LogP contribution in [-0.2, 0) is 6.42 Å². The fourth-order valence-electron chi connectivity index (χ4n) is 5.19. The van der Waals surface area contributed by atoms with Crippen molar-refractivity contribution in [3.8, 4) is 0 Å². The highest BCUT2D eigenvalue weighted by atomic mass is 16.1. The number of rotatable bonds is 12. The van der Waals surface area contributed by atoms with Gasteiger partial charge in [0, 0.05) is 29.1 Å². The molecule has 1 amide bonds. The van der Waals surface area contributed by atoms with Crippen molar-refractivity contribution < 1.29 is 9.59 Å². The molecule has 6 heteroatoms. The quantitative estimate of drug-likeness (QED) is 0.181. The first-order chi connectivity index (χ1) is 18.9. The Bertz CT molecular complexity index is 1230. The van der Waals surface area contributed by atoms with Crippen molar-refractivity contribution in [3.63, 3.8) is 0 Å². The van der Waals surface area contributed by atoms with E-state index in [1.165, 1.54) is 25.9 Å². The van der Waals surface area contributed by atoms with Crippen LogP contribution in [0.3, 0.4) is 0 Å². The molecule has 2 aromatic carbocycles. The molecule has 1 atom stereocenters. The minimum absolute atomic E-state index is 0.0267. The van der Waals surface area contributed by atoms with Gasteiger partial charge in [-0.3, -0.25) is 9.59 Å². The molecule has 1 unspecified atom stereocenters. The van der Waals surface area contributed by atoms with Crippen molar-refractivity contribution in [2.24, 2.45) is 0 Å². The zero-order valence-electron chi connectivity index (χ0n) is 23.6. The fraction of sp³-hybridized carbons (Fsp3) is 0.394. The molecule has 0 aromatic heterocycles. The highest BCUT2D eigenvalue weighted by molar-refractivity contribution is 5.96. The summed E-state index contributed by atoms with van der Waals surface area (Å²) >= 11 is 0. The Labute approximate surface area is 233 Å². The molecular formula is C33H42N4O2. The van der Waals surface area contributed by atoms with Gasteiger partial charge >= 0.3 is 0 Å². The molecule has 0 aliphatic carbocycles. The monoisotopic (exact) mass is 526 g/mol. The number of amides is 1. The molecule has 0 spiro atoms. The number of Topliss-reactive ketones (excluding diaryl/α,β-unsaturated/α-hetero) is 1. The van der Waals surface area contributed by atoms with Crippen molar-refractivity contribution in [1.29, 1.82) is 0 Å². The molecule has 1 saturated heterocycles. The Kier molecular flexibility index (Phi) is 10.1. The van der Waals surface area contributed by atoms with Crippen LogP contribution in [0.2, 0.25) is 0 Å². The number of carbonyl (C=O) groups excluding carboxylic acids is 2. The number of carbonyl (C=O) groups is 2. The summed E-state index contributed by atoms with van der Waals surface area (Å²) in [5.41, 5.74) is 6.77. The molecule has 2 aliphatic heterocycles. The predicted octanol–water partition coefficient (Wildman–Crippen LogP) is 5.94. The molecule has 0 radical (unpaired) electrons. The number of hydrogen-bond acceptors (Lipinski definition) is 5. The van der Waals surface area contributed by atoms with Crippen LogP contribution in [0.4, 0.5) is 5.69 Å². The number of allylic oxidation sites excluding steroid dienone is 3. The zero-order chi connectivity index (χ0) is 27.6. The van der Waals surface area contributed by atoms with E-state index < -0.39 is 0 Å². The number of likely N-dealkylation sites (tertiary alicyclic amines) is 1. The Morgan fingerprint density at radius 3 is 2.44 bits per heavy atom. The van der Waals surface area contributed by atoms with E-state index in [1.54, 1.807) is 6.92 Å². The average molecular weight is 527 g/mol. The second-order valence-corrected chi connectivity index (χ2v) is 10.5. The minimum Gasteiger partial charge on any atom is -0.383 e. The van der Waals surface area contributed by atoms with E-state index >= 15 is 0 Å². The van der Waals surface area contributed by atoms with E-state index in [1.807, 2.05) is 42.6 Å². The standard InChI is InChI=1S/C33H42N4O2/c1-4-26-23-28(13-16-30(26)25(3)38)24(2)10-17-32(31-9-7-18-34-31)36-29-14-11-27(12-15-29)33(39)35-19-8-22-37-20-5-6-21-37/h7,10-18,23,31,34,36H,4-6,8-9,19-22H2,1-3H3,(H,35,39)/b24-10+,32-17+. The molecule has 206 valence electrons. The molecule has 3 N–H and O–H groups in total. The van der Waals surface area contributed by atoms with Crippen LogP contribution in [0, 0.1) is 0 Å². The first kappa shape index (κ1) is 28.4. The van der Waals surface area contributed by atoms with Gasteiger partial charge in [-0.15, -0.1) is 0 Å². The van der Waals surface area contributed by atoms with Crippen LogP contribution in [0.5, 0.6) is 0 Å². The molecule has 39 heavy (non-hydrogen) atoms. The maximum atomic E-state index is 12.6. The van der Waals surface area contributed by atoms with E-state index in [0.29, 0.717) is 12.1 Å². The van der Waals surface area contributed by atoms with E-state index in [0.717, 1.165) is 59.5 Å². The summed E-state index contributed by atoms with van der Waals surface area (Å²) < 4.78 is 0. The van der Waals surface area contributed by atoms with Crippen LogP contribution in [0.1, 0.15) is 78.3 Å². The first-order valence-corrected chi connectivity index (χ1v) is 14.3. The van der Waals surface area contributed by atoms with Gasteiger partial charge in [-0.05, 0) is 119 Å². The van der Waals surface area contributed by atoms with Gasteiger partial charge in [0.15, 0.2) is 5.78 Å². The lowest BCUT2D eigenvalue weighted by molar-refractivity contribution is 0.0951. The van der Waals surface area contributed by atoms with E-state index in [4.69, 9.17) is 0 Å². The number of benzene rings is 2. The number of nitrogens with one attached hydrogen (secondary N) is 3. The summed E-state index contributed by atoms with van der Waals surface area (Å²) in [5, 5.41) is 10.0. The summed E-state index contributed by atoms with van der Waals surface area (Å²) in [4.78, 5) is 27.0. The molecule has 2 aromatic rings. The number of aryl methyl sites for hydroxylation is 1. The Morgan fingerprint density at radius 1 is 1.03 bits per heavy atom. The molecule has 0 saturated carbocycles. The Balaban J connectivity index is 1.40. The largest absolute Gasteiger partial charge is 0.383 e. The van der Waals surface area contributed by atoms with Gasteiger partial charge in [-0.25, -0.2) is 0 Å². The highest BCUT2D eigenvalue weighted by Gasteiger charge is 2.16. The second-order valence-electron chi connectivity index (χ2n) is 10.5. The molecule has 2 aliphatic rings. The molecule has 4 rings (SSSR count). The lowest BCUT2D eigenvalue weighted by atomic mass is 9.96. The molecule has 0 bridgehead atoms. The topological polar surface area (TPSA) is 73.5 Å². The molecular weight excluding hydrogens is 484 g/mol. The third-order valence-corrected chi connectivity index (χ3v) is 7.57.